The summed E-state index contributed by atoms with van der Waals surface area (Å²) in [6.07, 6.45) is 5.17. The molecule has 2 nitrogen and oxygen atoms in total. The molecule has 3 heteroatoms. The fourth-order valence-electron chi connectivity index (χ4n) is 1.49. The molecule has 15 heavy (non-hydrogen) atoms. The topological polar surface area (TPSA) is 24.9 Å². The van der Waals surface area contributed by atoms with Gasteiger partial charge in [-0.05, 0) is 41.4 Å². The number of halogens is 1. The number of hydrogen-bond donors (Lipinski definition) is 1. The van der Waals surface area contributed by atoms with E-state index in [0.29, 0.717) is 0 Å². The second kappa shape index (κ2) is 6.83. The zero-order valence-corrected chi connectivity index (χ0v) is 11.1. The minimum atomic E-state index is 0.900. The van der Waals surface area contributed by atoms with Crippen LogP contribution in [-0.4, -0.2) is 11.5 Å². The summed E-state index contributed by atoms with van der Waals surface area (Å²) in [6, 6.07) is 4.05. The molecule has 1 rings (SSSR count). The Morgan fingerprint density at radius 2 is 2.07 bits per heavy atom. The molecule has 0 aliphatic rings. The van der Waals surface area contributed by atoms with E-state index in [1.54, 1.807) is 0 Å². The average molecular weight is 271 g/mol. The first kappa shape index (κ1) is 12.5. The van der Waals surface area contributed by atoms with Gasteiger partial charge in [0, 0.05) is 6.54 Å². The molecule has 0 spiro atoms. The maximum Gasteiger partial charge on any atom is 0.106 e. The minimum absolute atomic E-state index is 0.900. The highest BCUT2D eigenvalue weighted by Gasteiger charge is 1.98. The summed E-state index contributed by atoms with van der Waals surface area (Å²) in [5, 5.41) is 3.42. The Kier molecular flexibility index (Phi) is 5.69. The largest absolute Gasteiger partial charge is 0.384 e. The normalized spacial score (nSPS) is 10.3. The van der Waals surface area contributed by atoms with Gasteiger partial charge in [0.2, 0.25) is 0 Å². The number of unbranched alkanes of at least 4 members (excludes halogenated alkanes) is 3. The molecule has 1 N–H and O–H groups in total. The summed E-state index contributed by atoms with van der Waals surface area (Å²) >= 11 is 3.36. The molecule has 0 aromatic carbocycles. The lowest BCUT2D eigenvalue weighted by Gasteiger charge is -2.08. The maximum atomic E-state index is 4.34. The van der Waals surface area contributed by atoms with Crippen molar-refractivity contribution in [3.05, 3.63) is 22.4 Å². The summed E-state index contributed by atoms with van der Waals surface area (Å²) in [5.41, 5.74) is 2.20. The van der Waals surface area contributed by atoms with Gasteiger partial charge in [0.05, 0.1) is 11.4 Å². The van der Waals surface area contributed by atoms with E-state index >= 15 is 0 Å². The first-order chi connectivity index (χ1) is 7.24. The second-order valence-electron chi connectivity index (χ2n) is 3.75. The van der Waals surface area contributed by atoms with Gasteiger partial charge in [0.25, 0.3) is 0 Å². The standard InChI is InChI=1S/C12H19BrN2/c1-3-4-5-6-9-14-11-7-8-12(13)15-10(11)2/h7-8,14H,3-6,9H2,1-2H3. The van der Waals surface area contributed by atoms with Crippen molar-refractivity contribution in [2.75, 3.05) is 11.9 Å². The fourth-order valence-corrected chi connectivity index (χ4v) is 1.89. The molecule has 1 aromatic rings. The predicted molar refractivity (Wildman–Crippen MR) is 69.3 cm³/mol. The number of rotatable bonds is 6. The number of aryl methyl sites for hydroxylation is 1. The van der Waals surface area contributed by atoms with E-state index in [9.17, 15) is 0 Å². The third-order valence-corrected chi connectivity index (χ3v) is 2.84. The number of pyridine rings is 1. The van der Waals surface area contributed by atoms with Gasteiger partial charge in [-0.25, -0.2) is 4.98 Å². The summed E-state index contributed by atoms with van der Waals surface area (Å²) in [4.78, 5) is 4.34. The molecular weight excluding hydrogens is 252 g/mol. The zero-order valence-electron chi connectivity index (χ0n) is 9.52. The molecular formula is C12H19BrN2. The van der Waals surface area contributed by atoms with Crippen LogP contribution in [0.4, 0.5) is 5.69 Å². The lowest BCUT2D eigenvalue weighted by atomic mass is 10.2. The van der Waals surface area contributed by atoms with Gasteiger partial charge in [0.1, 0.15) is 4.60 Å². The monoisotopic (exact) mass is 270 g/mol. The molecule has 1 heterocycles. The van der Waals surface area contributed by atoms with E-state index in [1.165, 1.54) is 25.7 Å². The molecule has 1 aromatic heterocycles. The molecule has 0 fully saturated rings. The Hall–Kier alpha value is -0.570. The summed E-state index contributed by atoms with van der Waals surface area (Å²) < 4.78 is 0.900. The average Bonchev–Trinajstić information content (AvgIpc) is 2.20. The highest BCUT2D eigenvalue weighted by molar-refractivity contribution is 9.10. The van der Waals surface area contributed by atoms with Crippen molar-refractivity contribution < 1.29 is 0 Å². The van der Waals surface area contributed by atoms with Crippen LogP contribution in [0.3, 0.4) is 0 Å². The van der Waals surface area contributed by atoms with Crippen molar-refractivity contribution in [2.45, 2.75) is 39.5 Å². The third-order valence-electron chi connectivity index (χ3n) is 2.40. The lowest BCUT2D eigenvalue weighted by Crippen LogP contribution is -2.03. The maximum absolute atomic E-state index is 4.34. The van der Waals surface area contributed by atoms with Crippen molar-refractivity contribution in [3.63, 3.8) is 0 Å². The van der Waals surface area contributed by atoms with Crippen LogP contribution in [0.2, 0.25) is 0 Å². The van der Waals surface area contributed by atoms with Gasteiger partial charge >= 0.3 is 0 Å². The molecule has 0 aliphatic carbocycles. The Bertz CT molecular complexity index is 300. The molecule has 84 valence electrons. The van der Waals surface area contributed by atoms with Crippen molar-refractivity contribution in [1.29, 1.82) is 0 Å². The van der Waals surface area contributed by atoms with E-state index in [4.69, 9.17) is 0 Å². The predicted octanol–water partition coefficient (Wildman–Crippen LogP) is 4.14. The number of aromatic nitrogens is 1. The van der Waals surface area contributed by atoms with Crippen LogP contribution >= 0.6 is 15.9 Å². The zero-order chi connectivity index (χ0) is 11.1. The van der Waals surface area contributed by atoms with E-state index in [-0.39, 0.29) is 0 Å². The van der Waals surface area contributed by atoms with Gasteiger partial charge in [-0.3, -0.25) is 0 Å². The quantitative estimate of drug-likeness (QED) is 0.621. The Morgan fingerprint density at radius 1 is 1.27 bits per heavy atom. The van der Waals surface area contributed by atoms with Crippen LogP contribution < -0.4 is 5.32 Å². The number of nitrogens with one attached hydrogen (secondary N) is 1. The van der Waals surface area contributed by atoms with E-state index in [2.05, 4.69) is 39.2 Å². The van der Waals surface area contributed by atoms with Gasteiger partial charge in [-0.15, -0.1) is 0 Å². The minimum Gasteiger partial charge on any atom is -0.384 e. The Morgan fingerprint density at radius 3 is 2.73 bits per heavy atom. The SMILES string of the molecule is CCCCCCNc1ccc(Br)nc1C. The van der Waals surface area contributed by atoms with Gasteiger partial charge in [-0.1, -0.05) is 26.2 Å². The highest BCUT2D eigenvalue weighted by atomic mass is 79.9. The lowest BCUT2D eigenvalue weighted by molar-refractivity contribution is 0.685. The van der Waals surface area contributed by atoms with Crippen LogP contribution in [0.25, 0.3) is 0 Å². The first-order valence-corrected chi connectivity index (χ1v) is 6.40. The molecule has 0 bridgehead atoms. The molecule has 0 aliphatic heterocycles. The van der Waals surface area contributed by atoms with Crippen LogP contribution in [0, 0.1) is 6.92 Å². The summed E-state index contributed by atoms with van der Waals surface area (Å²) in [6.45, 7) is 5.31. The third kappa shape index (κ3) is 4.65. The van der Waals surface area contributed by atoms with Gasteiger partial charge < -0.3 is 5.32 Å². The van der Waals surface area contributed by atoms with Crippen LogP contribution in [0.5, 0.6) is 0 Å². The molecule has 0 saturated heterocycles. The Balaban J connectivity index is 2.31. The van der Waals surface area contributed by atoms with Crippen LogP contribution in [0.15, 0.2) is 16.7 Å². The molecule has 0 saturated carbocycles. The number of anilines is 1. The number of hydrogen-bond acceptors (Lipinski definition) is 2. The van der Waals surface area contributed by atoms with Crippen LogP contribution in [-0.2, 0) is 0 Å². The molecule has 0 radical (unpaired) electrons. The van der Waals surface area contributed by atoms with Crippen LogP contribution in [0.1, 0.15) is 38.3 Å². The first-order valence-electron chi connectivity index (χ1n) is 5.61. The molecule has 0 atom stereocenters. The van der Waals surface area contributed by atoms with Crippen molar-refractivity contribution >= 4 is 21.6 Å². The Labute approximate surface area is 101 Å². The summed E-state index contributed by atoms with van der Waals surface area (Å²) in [5.74, 6) is 0. The summed E-state index contributed by atoms with van der Waals surface area (Å²) in [7, 11) is 0. The van der Waals surface area contributed by atoms with E-state index in [0.717, 1.165) is 22.5 Å². The van der Waals surface area contributed by atoms with Gasteiger partial charge in [0.15, 0.2) is 0 Å². The van der Waals surface area contributed by atoms with Gasteiger partial charge in [-0.2, -0.15) is 0 Å². The van der Waals surface area contributed by atoms with E-state index in [1.807, 2.05) is 13.0 Å². The van der Waals surface area contributed by atoms with Crippen molar-refractivity contribution in [2.24, 2.45) is 0 Å². The van der Waals surface area contributed by atoms with E-state index < -0.39 is 0 Å². The van der Waals surface area contributed by atoms with Crippen molar-refractivity contribution in [3.8, 4) is 0 Å². The highest BCUT2D eigenvalue weighted by Crippen LogP contribution is 2.16. The smallest absolute Gasteiger partial charge is 0.106 e. The molecule has 0 unspecified atom stereocenters. The van der Waals surface area contributed by atoms with Crippen molar-refractivity contribution in [1.82, 2.24) is 4.98 Å². The number of nitrogens with zero attached hydrogens (tertiary/aromatic N) is 1. The molecule has 0 amide bonds. The second-order valence-corrected chi connectivity index (χ2v) is 4.57. The fraction of sp³-hybridized carbons (Fsp3) is 0.583.